The largest absolute Gasteiger partial charge is 0.488 e. The van der Waals surface area contributed by atoms with Crippen LogP contribution in [0.1, 0.15) is 18.4 Å². The average Bonchev–Trinajstić information content (AvgIpc) is 3.31. The van der Waals surface area contributed by atoms with Crippen molar-refractivity contribution in [1.82, 2.24) is 4.98 Å². The standard InChI is InChI=1S/C16H13ClN2O2/c1-20-16-7-14(15(9-19-16)21-12-4-5-12)13-6-11(17)3-2-10(13)8-18/h2-3,6-7,9,12H,4-5H2,1H3. The summed E-state index contributed by atoms with van der Waals surface area (Å²) in [5, 5.41) is 9.87. The molecule has 0 N–H and O–H groups in total. The Bertz CT molecular complexity index is 721. The molecule has 4 nitrogen and oxygen atoms in total. The van der Waals surface area contributed by atoms with Crippen molar-refractivity contribution in [3.63, 3.8) is 0 Å². The van der Waals surface area contributed by atoms with Crippen LogP contribution in [0.15, 0.2) is 30.5 Å². The van der Waals surface area contributed by atoms with Crippen LogP contribution in [0.5, 0.6) is 11.6 Å². The van der Waals surface area contributed by atoms with Gasteiger partial charge in [0.05, 0.1) is 31.0 Å². The fraction of sp³-hybridized carbons (Fsp3) is 0.250. The van der Waals surface area contributed by atoms with Gasteiger partial charge in [0.2, 0.25) is 5.88 Å². The van der Waals surface area contributed by atoms with Gasteiger partial charge >= 0.3 is 0 Å². The Balaban J connectivity index is 2.14. The Morgan fingerprint density at radius 1 is 1.29 bits per heavy atom. The number of nitriles is 1. The normalized spacial score (nSPS) is 13.6. The van der Waals surface area contributed by atoms with Crippen LogP contribution in [-0.4, -0.2) is 18.2 Å². The number of hydrogen-bond donors (Lipinski definition) is 0. The molecular weight excluding hydrogens is 288 g/mol. The fourth-order valence-corrected chi connectivity index (χ4v) is 2.21. The number of halogens is 1. The minimum absolute atomic E-state index is 0.240. The lowest BCUT2D eigenvalue weighted by Gasteiger charge is -2.13. The first-order chi connectivity index (χ1) is 10.2. The van der Waals surface area contributed by atoms with Gasteiger partial charge in [-0.3, -0.25) is 0 Å². The molecule has 2 aromatic rings. The van der Waals surface area contributed by atoms with Gasteiger partial charge in [0.25, 0.3) is 0 Å². The summed E-state index contributed by atoms with van der Waals surface area (Å²) >= 11 is 6.07. The van der Waals surface area contributed by atoms with Crippen LogP contribution < -0.4 is 9.47 Å². The molecule has 5 heteroatoms. The van der Waals surface area contributed by atoms with E-state index in [9.17, 15) is 5.26 Å². The first-order valence-corrected chi connectivity index (χ1v) is 7.00. The van der Waals surface area contributed by atoms with E-state index in [0.717, 1.165) is 24.0 Å². The van der Waals surface area contributed by atoms with Crippen molar-refractivity contribution in [2.24, 2.45) is 0 Å². The van der Waals surface area contributed by atoms with Crippen molar-refractivity contribution in [2.45, 2.75) is 18.9 Å². The molecule has 0 aliphatic heterocycles. The number of methoxy groups -OCH3 is 1. The molecule has 1 saturated carbocycles. The predicted octanol–water partition coefficient (Wildman–Crippen LogP) is 3.82. The lowest BCUT2D eigenvalue weighted by Crippen LogP contribution is -2.00. The maximum atomic E-state index is 9.30. The Hall–Kier alpha value is -2.25. The second-order valence-corrected chi connectivity index (χ2v) is 5.28. The van der Waals surface area contributed by atoms with Crippen LogP contribution in [0, 0.1) is 11.3 Å². The number of aromatic nitrogens is 1. The summed E-state index contributed by atoms with van der Waals surface area (Å²) in [5.41, 5.74) is 2.03. The van der Waals surface area contributed by atoms with Gasteiger partial charge in [-0.1, -0.05) is 11.6 Å². The van der Waals surface area contributed by atoms with Crippen molar-refractivity contribution >= 4 is 11.6 Å². The maximum absolute atomic E-state index is 9.30. The second kappa shape index (κ2) is 5.63. The SMILES string of the molecule is COc1cc(-c2cc(Cl)ccc2C#N)c(OC2CC2)cn1. The average molecular weight is 301 g/mol. The van der Waals surface area contributed by atoms with Crippen molar-refractivity contribution in [2.75, 3.05) is 7.11 Å². The third kappa shape index (κ3) is 2.93. The third-order valence-corrected chi connectivity index (χ3v) is 3.50. The molecule has 1 aliphatic carbocycles. The molecule has 3 rings (SSSR count). The van der Waals surface area contributed by atoms with E-state index in [1.165, 1.54) is 0 Å². The molecule has 0 amide bonds. The second-order valence-electron chi connectivity index (χ2n) is 4.84. The quantitative estimate of drug-likeness (QED) is 0.861. The fourth-order valence-electron chi connectivity index (χ4n) is 2.04. The van der Waals surface area contributed by atoms with E-state index in [2.05, 4.69) is 11.1 Å². The summed E-state index contributed by atoms with van der Waals surface area (Å²) in [6, 6.07) is 9.10. The molecule has 1 aromatic carbocycles. The highest BCUT2D eigenvalue weighted by Gasteiger charge is 2.25. The third-order valence-electron chi connectivity index (χ3n) is 3.26. The molecule has 0 atom stereocenters. The van der Waals surface area contributed by atoms with E-state index in [4.69, 9.17) is 21.1 Å². The highest BCUT2D eigenvalue weighted by Crippen LogP contribution is 2.38. The molecule has 1 aromatic heterocycles. The molecular formula is C16H13ClN2O2. The van der Waals surface area contributed by atoms with Crippen molar-refractivity contribution < 1.29 is 9.47 Å². The molecule has 1 fully saturated rings. The number of benzene rings is 1. The summed E-state index contributed by atoms with van der Waals surface area (Å²) < 4.78 is 11.1. The van der Waals surface area contributed by atoms with E-state index in [0.29, 0.717) is 22.2 Å². The number of nitrogens with zero attached hydrogens (tertiary/aromatic N) is 2. The molecule has 106 valence electrons. The molecule has 0 saturated heterocycles. The Kier molecular flexibility index (Phi) is 3.68. The Labute approximate surface area is 127 Å². The summed E-state index contributed by atoms with van der Waals surface area (Å²) in [6.07, 6.45) is 3.97. The van der Waals surface area contributed by atoms with Crippen LogP contribution in [0.3, 0.4) is 0 Å². The topological polar surface area (TPSA) is 55.1 Å². The van der Waals surface area contributed by atoms with Crippen LogP contribution in [0.25, 0.3) is 11.1 Å². The van der Waals surface area contributed by atoms with Crippen LogP contribution >= 0.6 is 11.6 Å². The van der Waals surface area contributed by atoms with Gasteiger partial charge in [-0.25, -0.2) is 4.98 Å². The van der Waals surface area contributed by atoms with Gasteiger partial charge in [-0.15, -0.1) is 0 Å². The molecule has 0 radical (unpaired) electrons. The molecule has 0 spiro atoms. The van der Waals surface area contributed by atoms with Gasteiger partial charge in [0, 0.05) is 22.2 Å². The van der Waals surface area contributed by atoms with E-state index in [-0.39, 0.29) is 6.10 Å². The highest BCUT2D eigenvalue weighted by atomic mass is 35.5. The molecule has 0 unspecified atom stereocenters. The summed E-state index contributed by atoms with van der Waals surface area (Å²) in [6.45, 7) is 0. The van der Waals surface area contributed by atoms with Crippen molar-refractivity contribution in [3.8, 4) is 28.8 Å². The Morgan fingerprint density at radius 3 is 2.76 bits per heavy atom. The van der Waals surface area contributed by atoms with E-state index in [1.807, 2.05) is 0 Å². The first-order valence-electron chi connectivity index (χ1n) is 6.62. The molecule has 0 bridgehead atoms. The lowest BCUT2D eigenvalue weighted by molar-refractivity contribution is 0.301. The Morgan fingerprint density at radius 2 is 2.10 bits per heavy atom. The summed E-state index contributed by atoms with van der Waals surface area (Å²) in [4.78, 5) is 4.18. The highest BCUT2D eigenvalue weighted by molar-refractivity contribution is 6.31. The van der Waals surface area contributed by atoms with E-state index < -0.39 is 0 Å². The lowest BCUT2D eigenvalue weighted by atomic mass is 10.0. The molecule has 1 aliphatic rings. The van der Waals surface area contributed by atoms with Gasteiger partial charge in [0.1, 0.15) is 5.75 Å². The van der Waals surface area contributed by atoms with Gasteiger partial charge < -0.3 is 9.47 Å². The zero-order valence-corrected chi connectivity index (χ0v) is 12.2. The van der Waals surface area contributed by atoms with Gasteiger partial charge in [0.15, 0.2) is 0 Å². The van der Waals surface area contributed by atoms with Gasteiger partial charge in [-0.2, -0.15) is 5.26 Å². The van der Waals surface area contributed by atoms with Crippen LogP contribution in [-0.2, 0) is 0 Å². The van der Waals surface area contributed by atoms with Gasteiger partial charge in [-0.05, 0) is 31.0 Å². The number of hydrogen-bond acceptors (Lipinski definition) is 4. The number of pyridine rings is 1. The smallest absolute Gasteiger partial charge is 0.213 e. The summed E-state index contributed by atoms with van der Waals surface area (Å²) in [5.74, 6) is 1.12. The molecule has 21 heavy (non-hydrogen) atoms. The number of ether oxygens (including phenoxy) is 2. The number of rotatable bonds is 4. The van der Waals surface area contributed by atoms with Crippen LogP contribution in [0.2, 0.25) is 5.02 Å². The van der Waals surface area contributed by atoms with Crippen LogP contribution in [0.4, 0.5) is 0 Å². The van der Waals surface area contributed by atoms with Crippen molar-refractivity contribution in [1.29, 1.82) is 5.26 Å². The van der Waals surface area contributed by atoms with E-state index >= 15 is 0 Å². The minimum Gasteiger partial charge on any atom is -0.488 e. The minimum atomic E-state index is 0.240. The predicted molar refractivity (Wildman–Crippen MR) is 79.6 cm³/mol. The maximum Gasteiger partial charge on any atom is 0.213 e. The zero-order valence-electron chi connectivity index (χ0n) is 11.5. The zero-order chi connectivity index (χ0) is 14.8. The van der Waals surface area contributed by atoms with Crippen molar-refractivity contribution in [3.05, 3.63) is 41.0 Å². The monoisotopic (exact) mass is 300 g/mol. The van der Waals surface area contributed by atoms with E-state index in [1.54, 1.807) is 37.6 Å². The first kappa shape index (κ1) is 13.7. The molecule has 1 heterocycles. The summed E-state index contributed by atoms with van der Waals surface area (Å²) in [7, 11) is 1.55.